The lowest BCUT2D eigenvalue weighted by Crippen LogP contribution is -3.07. The van der Waals surface area contributed by atoms with Crippen molar-refractivity contribution in [3.8, 4) is 0 Å². The zero-order valence-corrected chi connectivity index (χ0v) is 16.9. The third kappa shape index (κ3) is 4.05. The van der Waals surface area contributed by atoms with Crippen LogP contribution in [0.4, 0.5) is 5.69 Å². The van der Waals surface area contributed by atoms with Crippen LogP contribution in [-0.4, -0.2) is 35.0 Å². The Morgan fingerprint density at radius 2 is 1.81 bits per heavy atom. The number of nitrogens with one attached hydrogen (secondary N) is 3. The summed E-state index contributed by atoms with van der Waals surface area (Å²) in [4.78, 5) is 13.1. The Bertz CT molecular complexity index is 953. The minimum atomic E-state index is -3.67. The lowest BCUT2D eigenvalue weighted by atomic mass is 10.0. The Hall–Kier alpha value is -2.22. The van der Waals surface area contributed by atoms with Crippen LogP contribution in [0.3, 0.4) is 0 Å². The second-order valence-corrected chi connectivity index (χ2v) is 9.12. The molecule has 3 N–H and O–H groups in total. The fourth-order valence-electron chi connectivity index (χ4n) is 3.29. The Labute approximate surface area is 160 Å². The number of fused-ring (bicyclic) bond motifs is 1. The van der Waals surface area contributed by atoms with Gasteiger partial charge in [0, 0.05) is 11.3 Å². The van der Waals surface area contributed by atoms with E-state index in [0.29, 0.717) is 5.69 Å². The highest BCUT2D eigenvalue weighted by molar-refractivity contribution is 7.89. The highest BCUT2D eigenvalue weighted by Gasteiger charge is 2.29. The number of benzene rings is 2. The maximum absolute atomic E-state index is 12.8. The van der Waals surface area contributed by atoms with Crippen LogP contribution >= 0.6 is 0 Å². The average Bonchev–Trinajstić information content (AvgIpc) is 2.90. The number of hydrogen-bond donors (Lipinski definition) is 3. The molecule has 0 aliphatic carbocycles. The number of likely N-dealkylation sites (N-methyl/N-ethyl adjacent to an activating group) is 1. The van der Waals surface area contributed by atoms with Crippen molar-refractivity contribution >= 4 is 21.6 Å². The van der Waals surface area contributed by atoms with Crippen LogP contribution in [0.15, 0.2) is 47.4 Å². The van der Waals surface area contributed by atoms with Gasteiger partial charge in [0.1, 0.15) is 6.04 Å². The zero-order chi connectivity index (χ0) is 19.8. The Kier molecular flexibility index (Phi) is 5.37. The van der Waals surface area contributed by atoms with Gasteiger partial charge in [-0.05, 0) is 37.6 Å². The molecule has 2 aromatic carbocycles. The molecule has 0 unspecified atom stereocenters. The largest absolute Gasteiger partial charge is 0.333 e. The summed E-state index contributed by atoms with van der Waals surface area (Å²) in [5.74, 6) is -0.454. The van der Waals surface area contributed by atoms with Crippen molar-refractivity contribution in [2.24, 2.45) is 0 Å². The SMILES string of the molecule is Cc1ccc([C@H](CNS(=O)(=O)c2ccc3c(c2)[C@@H](C)C(=O)N3)[NH+](C)C)cc1. The van der Waals surface area contributed by atoms with Crippen LogP contribution in [0, 0.1) is 6.92 Å². The number of sulfonamides is 1. The summed E-state index contributed by atoms with van der Waals surface area (Å²) >= 11 is 0. The van der Waals surface area contributed by atoms with Gasteiger partial charge in [0.2, 0.25) is 15.9 Å². The second kappa shape index (κ2) is 7.42. The van der Waals surface area contributed by atoms with Gasteiger partial charge >= 0.3 is 0 Å². The molecule has 0 saturated heterocycles. The molecule has 27 heavy (non-hydrogen) atoms. The number of carbonyl (C=O) groups excluding carboxylic acids is 1. The molecule has 3 rings (SSSR count). The van der Waals surface area contributed by atoms with Crippen LogP contribution in [0.1, 0.15) is 35.6 Å². The van der Waals surface area contributed by atoms with E-state index < -0.39 is 10.0 Å². The molecule has 2 aromatic rings. The monoisotopic (exact) mass is 388 g/mol. The highest BCUT2D eigenvalue weighted by atomic mass is 32.2. The summed E-state index contributed by atoms with van der Waals surface area (Å²) in [5, 5.41) is 2.76. The average molecular weight is 389 g/mol. The van der Waals surface area contributed by atoms with Gasteiger partial charge in [0.05, 0.1) is 31.5 Å². The fourth-order valence-corrected chi connectivity index (χ4v) is 4.37. The predicted octanol–water partition coefficient (Wildman–Crippen LogP) is 1.21. The van der Waals surface area contributed by atoms with Gasteiger partial charge in [-0.1, -0.05) is 29.8 Å². The van der Waals surface area contributed by atoms with Gasteiger partial charge in [0.25, 0.3) is 0 Å². The number of carbonyl (C=O) groups is 1. The molecule has 0 radical (unpaired) electrons. The third-order valence-corrected chi connectivity index (χ3v) is 6.53. The van der Waals surface area contributed by atoms with Gasteiger partial charge in [-0.15, -0.1) is 0 Å². The van der Waals surface area contributed by atoms with Gasteiger partial charge in [-0.25, -0.2) is 13.1 Å². The number of hydrogen-bond acceptors (Lipinski definition) is 3. The molecule has 0 spiro atoms. The first kappa shape index (κ1) is 19.5. The smallest absolute Gasteiger partial charge is 0.240 e. The molecular weight excluding hydrogens is 362 g/mol. The molecule has 1 aliphatic rings. The van der Waals surface area contributed by atoms with Crippen molar-refractivity contribution in [3.63, 3.8) is 0 Å². The summed E-state index contributed by atoms with van der Waals surface area (Å²) in [7, 11) is 0.344. The molecule has 1 heterocycles. The lowest BCUT2D eigenvalue weighted by molar-refractivity contribution is -0.890. The number of rotatable bonds is 6. The van der Waals surface area contributed by atoms with Crippen LogP contribution in [-0.2, 0) is 14.8 Å². The van der Waals surface area contributed by atoms with E-state index in [2.05, 4.69) is 10.0 Å². The van der Waals surface area contributed by atoms with Crippen LogP contribution in [0.5, 0.6) is 0 Å². The first-order valence-corrected chi connectivity index (χ1v) is 10.5. The molecule has 1 aliphatic heterocycles. The van der Waals surface area contributed by atoms with Crippen LogP contribution in [0.25, 0.3) is 0 Å². The number of amides is 1. The van der Waals surface area contributed by atoms with E-state index in [9.17, 15) is 13.2 Å². The van der Waals surface area contributed by atoms with Gasteiger partial charge in [0.15, 0.2) is 0 Å². The maximum atomic E-state index is 12.8. The van der Waals surface area contributed by atoms with E-state index in [1.807, 2.05) is 45.3 Å². The molecule has 0 aromatic heterocycles. The molecule has 7 heteroatoms. The third-order valence-electron chi connectivity index (χ3n) is 5.11. The van der Waals surface area contributed by atoms with E-state index in [0.717, 1.165) is 16.0 Å². The Morgan fingerprint density at radius 3 is 2.44 bits per heavy atom. The first-order valence-electron chi connectivity index (χ1n) is 9.00. The Balaban J connectivity index is 1.80. The van der Waals surface area contributed by atoms with Crippen molar-refractivity contribution in [1.82, 2.24) is 4.72 Å². The quantitative estimate of drug-likeness (QED) is 0.696. The normalized spacial score (nSPS) is 17.7. The number of aryl methyl sites for hydroxylation is 1. The number of anilines is 1. The molecular formula is C20H26N3O3S+. The van der Waals surface area contributed by atoms with E-state index in [1.165, 1.54) is 11.6 Å². The summed E-state index contributed by atoms with van der Waals surface area (Å²) in [6.07, 6.45) is 0. The van der Waals surface area contributed by atoms with E-state index in [1.54, 1.807) is 19.1 Å². The van der Waals surface area contributed by atoms with E-state index in [4.69, 9.17) is 0 Å². The summed E-state index contributed by atoms with van der Waals surface area (Å²) < 4.78 is 28.3. The molecule has 144 valence electrons. The summed E-state index contributed by atoms with van der Waals surface area (Å²) in [6, 6.07) is 12.9. The van der Waals surface area contributed by atoms with Crippen LogP contribution in [0.2, 0.25) is 0 Å². The predicted molar refractivity (Wildman–Crippen MR) is 105 cm³/mol. The molecule has 0 bridgehead atoms. The van der Waals surface area contributed by atoms with E-state index >= 15 is 0 Å². The highest BCUT2D eigenvalue weighted by Crippen LogP contribution is 2.33. The zero-order valence-electron chi connectivity index (χ0n) is 16.0. The molecule has 1 amide bonds. The Morgan fingerprint density at radius 1 is 1.15 bits per heavy atom. The fraction of sp³-hybridized carbons (Fsp3) is 0.350. The maximum Gasteiger partial charge on any atom is 0.240 e. The van der Waals surface area contributed by atoms with Crippen molar-refractivity contribution in [2.45, 2.75) is 30.7 Å². The lowest BCUT2D eigenvalue weighted by Gasteiger charge is -2.22. The van der Waals surface area contributed by atoms with E-state index in [-0.39, 0.29) is 29.3 Å². The van der Waals surface area contributed by atoms with Gasteiger partial charge < -0.3 is 10.2 Å². The molecule has 0 fully saturated rings. The number of quaternary nitrogens is 1. The van der Waals surface area contributed by atoms with Crippen LogP contribution < -0.4 is 14.9 Å². The molecule has 0 saturated carbocycles. The first-order chi connectivity index (χ1) is 12.7. The minimum absolute atomic E-state index is 0.00281. The second-order valence-electron chi connectivity index (χ2n) is 7.35. The van der Waals surface area contributed by atoms with Crippen molar-refractivity contribution < 1.29 is 18.1 Å². The summed E-state index contributed by atoms with van der Waals surface area (Å²) in [5.41, 5.74) is 3.65. The topological polar surface area (TPSA) is 79.7 Å². The minimum Gasteiger partial charge on any atom is -0.333 e. The molecule has 2 atom stereocenters. The van der Waals surface area contributed by atoms with Crippen molar-refractivity contribution in [1.29, 1.82) is 0 Å². The van der Waals surface area contributed by atoms with Gasteiger partial charge in [-0.2, -0.15) is 0 Å². The molecule has 6 nitrogen and oxygen atoms in total. The van der Waals surface area contributed by atoms with Crippen molar-refractivity contribution in [2.75, 3.05) is 26.0 Å². The van der Waals surface area contributed by atoms with Crippen molar-refractivity contribution in [3.05, 3.63) is 59.2 Å². The van der Waals surface area contributed by atoms with Gasteiger partial charge in [-0.3, -0.25) is 4.79 Å². The standard InChI is InChI=1S/C20H25N3O3S/c1-13-5-7-15(8-6-13)19(23(3)4)12-21-27(25,26)16-9-10-18-17(11-16)14(2)20(24)22-18/h5-11,14,19,21H,12H2,1-4H3,(H,22,24)/p+1/t14-,19+/m1/s1. The summed E-state index contributed by atoms with van der Waals surface area (Å²) in [6.45, 7) is 4.09.